The Morgan fingerprint density at radius 2 is 1.75 bits per heavy atom. The van der Waals surface area contributed by atoms with Crippen LogP contribution in [0.25, 0.3) is 0 Å². The minimum Gasteiger partial charge on any atom is -0.495 e. The van der Waals surface area contributed by atoms with Gasteiger partial charge in [-0.05, 0) is 31.2 Å². The number of amides is 1. The number of benzene rings is 2. The van der Waals surface area contributed by atoms with E-state index in [2.05, 4.69) is 5.32 Å². The Labute approximate surface area is 159 Å². The standard InChI is InChI=1S/C18H17FN2O7/c1-10(28-18(23)11-4-6-15(26-2)13(19)8-11)17(22)20-14-9-12(21(24)25)5-7-16(14)27-3/h4-10H,1-3H3,(H,20,22)/t10-/m0/s1. The average molecular weight is 392 g/mol. The van der Waals surface area contributed by atoms with Crippen LogP contribution in [0.3, 0.4) is 0 Å². The molecule has 2 rings (SSSR count). The smallest absolute Gasteiger partial charge is 0.339 e. The van der Waals surface area contributed by atoms with Gasteiger partial charge in [0, 0.05) is 12.1 Å². The third kappa shape index (κ3) is 4.72. The number of methoxy groups -OCH3 is 2. The summed E-state index contributed by atoms with van der Waals surface area (Å²) in [6, 6.07) is 7.13. The molecule has 2 aromatic rings. The summed E-state index contributed by atoms with van der Waals surface area (Å²) in [4.78, 5) is 34.7. The van der Waals surface area contributed by atoms with E-state index < -0.39 is 28.7 Å². The normalized spacial score (nSPS) is 11.3. The highest BCUT2D eigenvalue weighted by Crippen LogP contribution is 2.29. The van der Waals surface area contributed by atoms with Crippen LogP contribution in [0.15, 0.2) is 36.4 Å². The van der Waals surface area contributed by atoms with E-state index in [1.165, 1.54) is 45.4 Å². The van der Waals surface area contributed by atoms with Gasteiger partial charge in [0.1, 0.15) is 5.75 Å². The van der Waals surface area contributed by atoms with Crippen LogP contribution < -0.4 is 14.8 Å². The van der Waals surface area contributed by atoms with E-state index in [1.807, 2.05) is 0 Å². The monoisotopic (exact) mass is 392 g/mol. The van der Waals surface area contributed by atoms with Crippen molar-refractivity contribution < 1.29 is 33.1 Å². The molecule has 0 fully saturated rings. The summed E-state index contributed by atoms with van der Waals surface area (Å²) in [5.74, 6) is -2.28. The lowest BCUT2D eigenvalue weighted by Gasteiger charge is -2.15. The van der Waals surface area contributed by atoms with Gasteiger partial charge in [0.15, 0.2) is 17.7 Å². The number of halogens is 1. The van der Waals surface area contributed by atoms with Gasteiger partial charge in [-0.25, -0.2) is 9.18 Å². The number of carbonyl (C=O) groups excluding carboxylic acids is 2. The molecule has 0 aromatic heterocycles. The highest BCUT2D eigenvalue weighted by Gasteiger charge is 2.22. The van der Waals surface area contributed by atoms with Crippen molar-refractivity contribution in [2.24, 2.45) is 0 Å². The summed E-state index contributed by atoms with van der Waals surface area (Å²) in [5, 5.41) is 13.3. The molecule has 0 heterocycles. The van der Waals surface area contributed by atoms with E-state index in [4.69, 9.17) is 14.2 Å². The Morgan fingerprint density at radius 3 is 2.32 bits per heavy atom. The molecular weight excluding hydrogens is 375 g/mol. The molecule has 1 amide bonds. The number of hydrogen-bond donors (Lipinski definition) is 1. The molecule has 0 radical (unpaired) electrons. The van der Waals surface area contributed by atoms with E-state index in [1.54, 1.807) is 0 Å². The molecule has 1 atom stereocenters. The second-order valence-corrected chi connectivity index (χ2v) is 5.53. The number of nitro benzene ring substituents is 1. The molecule has 28 heavy (non-hydrogen) atoms. The highest BCUT2D eigenvalue weighted by molar-refractivity contribution is 5.98. The molecule has 0 saturated carbocycles. The molecule has 148 valence electrons. The minimum atomic E-state index is -1.26. The number of non-ortho nitro benzene ring substituents is 1. The van der Waals surface area contributed by atoms with Crippen LogP contribution in [0, 0.1) is 15.9 Å². The van der Waals surface area contributed by atoms with Gasteiger partial charge >= 0.3 is 5.97 Å². The predicted molar refractivity (Wildman–Crippen MR) is 96.1 cm³/mol. The summed E-state index contributed by atoms with van der Waals surface area (Å²) < 4.78 is 28.5. The molecule has 0 spiro atoms. The van der Waals surface area contributed by atoms with Crippen molar-refractivity contribution in [3.05, 3.63) is 57.9 Å². The molecule has 0 saturated heterocycles. The number of nitrogens with one attached hydrogen (secondary N) is 1. The first-order valence-corrected chi connectivity index (χ1v) is 7.94. The number of ether oxygens (including phenoxy) is 3. The van der Waals surface area contributed by atoms with Crippen molar-refractivity contribution in [3.63, 3.8) is 0 Å². The van der Waals surface area contributed by atoms with Crippen molar-refractivity contribution in [1.29, 1.82) is 0 Å². The second kappa shape index (κ2) is 8.80. The molecule has 0 unspecified atom stereocenters. The quantitative estimate of drug-likeness (QED) is 0.437. The van der Waals surface area contributed by atoms with Gasteiger partial charge in [-0.1, -0.05) is 0 Å². The molecular formula is C18H17FN2O7. The number of nitrogens with zero attached hydrogens (tertiary/aromatic N) is 1. The molecule has 0 aliphatic rings. The number of carbonyl (C=O) groups is 2. The first-order chi connectivity index (χ1) is 13.3. The van der Waals surface area contributed by atoms with Crippen LogP contribution in [-0.4, -0.2) is 37.1 Å². The van der Waals surface area contributed by atoms with Crippen LogP contribution >= 0.6 is 0 Å². The van der Waals surface area contributed by atoms with Gasteiger partial charge in [0.2, 0.25) is 0 Å². The minimum absolute atomic E-state index is 0.0416. The number of nitro groups is 1. The Balaban J connectivity index is 2.10. The lowest BCUT2D eigenvalue weighted by Crippen LogP contribution is -2.30. The van der Waals surface area contributed by atoms with Gasteiger partial charge < -0.3 is 19.5 Å². The summed E-state index contributed by atoms with van der Waals surface area (Å²) in [6.45, 7) is 1.30. The lowest BCUT2D eigenvalue weighted by molar-refractivity contribution is -0.384. The van der Waals surface area contributed by atoms with Gasteiger partial charge in [0.25, 0.3) is 11.6 Å². The molecule has 0 aliphatic carbocycles. The largest absolute Gasteiger partial charge is 0.495 e. The number of hydrogen-bond acceptors (Lipinski definition) is 7. The third-order valence-corrected chi connectivity index (χ3v) is 3.69. The third-order valence-electron chi connectivity index (χ3n) is 3.69. The fourth-order valence-electron chi connectivity index (χ4n) is 2.22. The first kappa shape index (κ1) is 20.6. The second-order valence-electron chi connectivity index (χ2n) is 5.53. The predicted octanol–water partition coefficient (Wildman–Crippen LogP) is 2.94. The van der Waals surface area contributed by atoms with E-state index in [0.717, 1.165) is 12.1 Å². The Bertz CT molecular complexity index is 917. The highest BCUT2D eigenvalue weighted by atomic mass is 19.1. The van der Waals surface area contributed by atoms with Crippen molar-refractivity contribution in [2.45, 2.75) is 13.0 Å². The van der Waals surface area contributed by atoms with Gasteiger partial charge in [-0.2, -0.15) is 0 Å². The van der Waals surface area contributed by atoms with E-state index in [0.29, 0.717) is 0 Å². The van der Waals surface area contributed by atoms with Crippen molar-refractivity contribution in [1.82, 2.24) is 0 Å². The van der Waals surface area contributed by atoms with Gasteiger partial charge in [0.05, 0.1) is 30.4 Å². The van der Waals surface area contributed by atoms with Crippen LogP contribution in [-0.2, 0) is 9.53 Å². The zero-order valence-electron chi connectivity index (χ0n) is 15.2. The first-order valence-electron chi connectivity index (χ1n) is 7.94. The van der Waals surface area contributed by atoms with E-state index in [9.17, 15) is 24.1 Å². The van der Waals surface area contributed by atoms with Crippen LogP contribution in [0.5, 0.6) is 11.5 Å². The van der Waals surface area contributed by atoms with E-state index in [-0.39, 0.29) is 28.4 Å². The van der Waals surface area contributed by atoms with Gasteiger partial charge in [-0.3, -0.25) is 14.9 Å². The zero-order valence-corrected chi connectivity index (χ0v) is 15.2. The Hall–Kier alpha value is -3.69. The van der Waals surface area contributed by atoms with Crippen molar-refractivity contribution in [2.75, 3.05) is 19.5 Å². The average Bonchev–Trinajstić information content (AvgIpc) is 2.67. The fourth-order valence-corrected chi connectivity index (χ4v) is 2.22. The summed E-state index contributed by atoms with van der Waals surface area (Å²) in [5.41, 5.74) is -0.319. The van der Waals surface area contributed by atoms with Crippen molar-refractivity contribution >= 4 is 23.3 Å². The molecule has 9 nitrogen and oxygen atoms in total. The summed E-state index contributed by atoms with van der Waals surface area (Å²) in [7, 11) is 2.61. The molecule has 2 aromatic carbocycles. The Kier molecular flexibility index (Phi) is 6.48. The maximum Gasteiger partial charge on any atom is 0.339 e. The fraction of sp³-hybridized carbons (Fsp3) is 0.222. The molecule has 0 aliphatic heterocycles. The van der Waals surface area contributed by atoms with Crippen molar-refractivity contribution in [3.8, 4) is 11.5 Å². The molecule has 1 N–H and O–H groups in total. The van der Waals surface area contributed by atoms with Crippen LogP contribution in [0.4, 0.5) is 15.8 Å². The number of anilines is 1. The Morgan fingerprint density at radius 1 is 1.11 bits per heavy atom. The lowest BCUT2D eigenvalue weighted by atomic mass is 10.2. The molecule has 0 bridgehead atoms. The molecule has 10 heteroatoms. The summed E-state index contributed by atoms with van der Waals surface area (Å²) >= 11 is 0. The summed E-state index contributed by atoms with van der Waals surface area (Å²) in [6.07, 6.45) is -1.26. The number of esters is 1. The topological polar surface area (TPSA) is 117 Å². The SMILES string of the molecule is COc1ccc(C(=O)O[C@@H](C)C(=O)Nc2cc([N+](=O)[O-])ccc2OC)cc1F. The zero-order chi connectivity index (χ0) is 20.8. The van der Waals surface area contributed by atoms with E-state index >= 15 is 0 Å². The maximum absolute atomic E-state index is 13.7. The number of rotatable bonds is 7. The van der Waals surface area contributed by atoms with Crippen LogP contribution in [0.2, 0.25) is 0 Å². The van der Waals surface area contributed by atoms with Crippen LogP contribution in [0.1, 0.15) is 17.3 Å². The van der Waals surface area contributed by atoms with Gasteiger partial charge in [-0.15, -0.1) is 0 Å². The maximum atomic E-state index is 13.7.